The molecule has 0 amide bonds. The van der Waals surface area contributed by atoms with Crippen LogP contribution in [0.15, 0.2) is 4.99 Å². The molecule has 0 heterocycles. The van der Waals surface area contributed by atoms with Crippen LogP contribution in [0.4, 0.5) is 0 Å². The van der Waals surface area contributed by atoms with Crippen LogP contribution in [0, 0.1) is 5.92 Å². The van der Waals surface area contributed by atoms with Crippen molar-refractivity contribution in [1.82, 2.24) is 10.6 Å². The van der Waals surface area contributed by atoms with Crippen molar-refractivity contribution in [3.8, 4) is 0 Å². The lowest BCUT2D eigenvalue weighted by atomic mass is 10.2. The molecule has 6 heteroatoms. The zero-order chi connectivity index (χ0) is 15.1. The van der Waals surface area contributed by atoms with Crippen molar-refractivity contribution in [2.75, 3.05) is 25.4 Å². The molecule has 0 saturated heterocycles. The van der Waals surface area contributed by atoms with Gasteiger partial charge in [0.05, 0.1) is 10.5 Å². The molecule has 0 radical (unpaired) electrons. The number of nitrogens with one attached hydrogen (secondary N) is 2. The Morgan fingerprint density at radius 1 is 1.21 bits per heavy atom. The third-order valence-electron chi connectivity index (χ3n) is 2.56. The van der Waals surface area contributed by atoms with E-state index in [4.69, 9.17) is 0 Å². The van der Waals surface area contributed by atoms with Crippen molar-refractivity contribution in [3.05, 3.63) is 0 Å². The monoisotopic (exact) mass is 291 g/mol. The van der Waals surface area contributed by atoms with E-state index in [9.17, 15) is 8.42 Å². The fourth-order valence-electron chi connectivity index (χ4n) is 1.23. The van der Waals surface area contributed by atoms with E-state index in [2.05, 4.69) is 29.5 Å². The van der Waals surface area contributed by atoms with E-state index in [0.717, 1.165) is 13.1 Å². The van der Waals surface area contributed by atoms with Gasteiger partial charge in [-0.05, 0) is 33.6 Å². The van der Waals surface area contributed by atoms with Gasteiger partial charge in [-0.1, -0.05) is 13.8 Å². The van der Waals surface area contributed by atoms with Crippen LogP contribution in [0.1, 0.15) is 41.5 Å². The van der Waals surface area contributed by atoms with Crippen LogP contribution in [-0.2, 0) is 9.84 Å². The second-order valence-electron chi connectivity index (χ2n) is 5.97. The lowest BCUT2D eigenvalue weighted by Crippen LogP contribution is -2.42. The molecule has 0 aromatic heterocycles. The molecule has 0 aromatic rings. The standard InChI is InChI=1S/C13H29N3O2S/c1-7-14-12(16-10-11(2)3)15-8-9-19(17,18)13(4,5)6/h11H,7-10H2,1-6H3,(H2,14,15,16). The van der Waals surface area contributed by atoms with E-state index in [1.54, 1.807) is 20.8 Å². The zero-order valence-corrected chi connectivity index (χ0v) is 13.9. The maximum absolute atomic E-state index is 12.0. The third-order valence-corrected chi connectivity index (χ3v) is 5.16. The molecule has 0 rings (SSSR count). The summed E-state index contributed by atoms with van der Waals surface area (Å²) in [6.07, 6.45) is 0. The largest absolute Gasteiger partial charge is 0.357 e. The first kappa shape index (κ1) is 18.2. The predicted octanol–water partition coefficient (Wildman–Crippen LogP) is 1.41. The number of nitrogens with zero attached hydrogens (tertiary/aromatic N) is 1. The molecular formula is C13H29N3O2S. The molecule has 114 valence electrons. The highest BCUT2D eigenvalue weighted by Gasteiger charge is 2.28. The van der Waals surface area contributed by atoms with E-state index in [1.807, 2.05) is 6.92 Å². The summed E-state index contributed by atoms with van der Waals surface area (Å²) in [5.74, 6) is 1.27. The van der Waals surface area contributed by atoms with Gasteiger partial charge in [0.15, 0.2) is 15.8 Å². The molecule has 0 aromatic carbocycles. The molecule has 0 saturated carbocycles. The van der Waals surface area contributed by atoms with Gasteiger partial charge in [-0.2, -0.15) is 0 Å². The molecule has 0 aliphatic carbocycles. The maximum Gasteiger partial charge on any atom is 0.191 e. The Hall–Kier alpha value is -0.780. The van der Waals surface area contributed by atoms with E-state index in [1.165, 1.54) is 0 Å². The molecule has 0 fully saturated rings. The Morgan fingerprint density at radius 2 is 1.79 bits per heavy atom. The predicted molar refractivity (Wildman–Crippen MR) is 82.4 cm³/mol. The molecule has 0 bridgehead atoms. The summed E-state index contributed by atoms with van der Waals surface area (Å²) in [6, 6.07) is 0. The van der Waals surface area contributed by atoms with Crippen LogP contribution >= 0.6 is 0 Å². The van der Waals surface area contributed by atoms with Crippen molar-refractivity contribution in [1.29, 1.82) is 0 Å². The van der Waals surface area contributed by atoms with E-state index >= 15 is 0 Å². The molecular weight excluding hydrogens is 262 g/mol. The molecule has 19 heavy (non-hydrogen) atoms. The van der Waals surface area contributed by atoms with Crippen LogP contribution in [-0.4, -0.2) is 44.5 Å². The normalized spacial score (nSPS) is 13.7. The highest BCUT2D eigenvalue weighted by Crippen LogP contribution is 2.15. The summed E-state index contributed by atoms with van der Waals surface area (Å²) in [5, 5.41) is 6.17. The highest BCUT2D eigenvalue weighted by molar-refractivity contribution is 7.92. The Kier molecular flexibility index (Phi) is 7.41. The van der Waals surface area contributed by atoms with Gasteiger partial charge in [-0.25, -0.2) is 8.42 Å². The maximum atomic E-state index is 12.0. The molecule has 0 unspecified atom stereocenters. The molecule has 0 atom stereocenters. The van der Waals surface area contributed by atoms with Crippen molar-refractivity contribution >= 4 is 15.8 Å². The lowest BCUT2D eigenvalue weighted by molar-refractivity contribution is 0.559. The number of hydrogen-bond donors (Lipinski definition) is 2. The van der Waals surface area contributed by atoms with Gasteiger partial charge in [0.1, 0.15) is 0 Å². The second kappa shape index (κ2) is 7.72. The first-order chi connectivity index (χ1) is 8.60. The zero-order valence-electron chi connectivity index (χ0n) is 13.1. The summed E-state index contributed by atoms with van der Waals surface area (Å²) in [6.45, 7) is 13.2. The van der Waals surface area contributed by atoms with Gasteiger partial charge in [0.2, 0.25) is 0 Å². The van der Waals surface area contributed by atoms with Gasteiger partial charge >= 0.3 is 0 Å². The number of aliphatic imine (C=N–C) groups is 1. The van der Waals surface area contributed by atoms with Crippen molar-refractivity contribution in [3.63, 3.8) is 0 Å². The van der Waals surface area contributed by atoms with Crippen LogP contribution in [0.25, 0.3) is 0 Å². The number of rotatable bonds is 6. The minimum absolute atomic E-state index is 0.114. The van der Waals surface area contributed by atoms with Gasteiger partial charge in [0.25, 0.3) is 0 Å². The number of guanidine groups is 1. The quantitative estimate of drug-likeness (QED) is 0.573. The first-order valence-corrected chi connectivity index (χ1v) is 8.50. The van der Waals surface area contributed by atoms with Crippen LogP contribution in [0.5, 0.6) is 0 Å². The first-order valence-electron chi connectivity index (χ1n) is 6.84. The average molecular weight is 291 g/mol. The van der Waals surface area contributed by atoms with Crippen molar-refractivity contribution < 1.29 is 8.42 Å². The van der Waals surface area contributed by atoms with Gasteiger partial charge in [-0.3, -0.25) is 4.99 Å². The van der Waals surface area contributed by atoms with Crippen LogP contribution in [0.3, 0.4) is 0 Å². The molecule has 0 aliphatic heterocycles. The Bertz CT molecular complexity index is 381. The highest BCUT2D eigenvalue weighted by atomic mass is 32.2. The van der Waals surface area contributed by atoms with Gasteiger partial charge in [0, 0.05) is 19.6 Å². The third kappa shape index (κ3) is 7.40. The molecule has 0 spiro atoms. The van der Waals surface area contributed by atoms with Crippen LogP contribution < -0.4 is 10.6 Å². The molecule has 0 aliphatic rings. The fraction of sp³-hybridized carbons (Fsp3) is 0.923. The average Bonchev–Trinajstić information content (AvgIpc) is 2.24. The SMILES string of the molecule is CCNC(=NCC(C)C)NCCS(=O)(=O)C(C)(C)C. The molecule has 2 N–H and O–H groups in total. The van der Waals surface area contributed by atoms with E-state index < -0.39 is 14.6 Å². The number of hydrogen-bond acceptors (Lipinski definition) is 3. The Balaban J connectivity index is 4.39. The summed E-state index contributed by atoms with van der Waals surface area (Å²) >= 11 is 0. The smallest absolute Gasteiger partial charge is 0.191 e. The summed E-state index contributed by atoms with van der Waals surface area (Å²) in [7, 11) is -3.08. The van der Waals surface area contributed by atoms with E-state index in [0.29, 0.717) is 18.4 Å². The van der Waals surface area contributed by atoms with Crippen molar-refractivity contribution in [2.24, 2.45) is 10.9 Å². The Labute approximate surface area is 118 Å². The van der Waals surface area contributed by atoms with E-state index in [-0.39, 0.29) is 5.75 Å². The molecule has 5 nitrogen and oxygen atoms in total. The summed E-state index contributed by atoms with van der Waals surface area (Å²) in [4.78, 5) is 4.39. The minimum atomic E-state index is -3.08. The summed E-state index contributed by atoms with van der Waals surface area (Å²) < 4.78 is 23.2. The van der Waals surface area contributed by atoms with Gasteiger partial charge < -0.3 is 10.6 Å². The summed E-state index contributed by atoms with van der Waals surface area (Å²) in [5.41, 5.74) is 0. The number of sulfone groups is 1. The topological polar surface area (TPSA) is 70.6 Å². The van der Waals surface area contributed by atoms with Crippen LogP contribution in [0.2, 0.25) is 0 Å². The minimum Gasteiger partial charge on any atom is -0.357 e. The second-order valence-corrected chi connectivity index (χ2v) is 8.83. The van der Waals surface area contributed by atoms with Crippen molar-refractivity contribution in [2.45, 2.75) is 46.3 Å². The lowest BCUT2D eigenvalue weighted by Gasteiger charge is -2.19. The fourth-order valence-corrected chi connectivity index (χ4v) is 2.21. The van der Waals surface area contributed by atoms with Gasteiger partial charge in [-0.15, -0.1) is 0 Å². The Morgan fingerprint density at radius 3 is 2.21 bits per heavy atom.